The summed E-state index contributed by atoms with van der Waals surface area (Å²) in [4.78, 5) is 22.1. The van der Waals surface area contributed by atoms with Crippen molar-refractivity contribution in [3.05, 3.63) is 65.6 Å². The van der Waals surface area contributed by atoms with Gasteiger partial charge in [0.05, 0.1) is 18.4 Å². The fourth-order valence-electron chi connectivity index (χ4n) is 3.61. The lowest BCUT2D eigenvalue weighted by Crippen LogP contribution is -2.29. The van der Waals surface area contributed by atoms with Gasteiger partial charge < -0.3 is 15.4 Å². The summed E-state index contributed by atoms with van der Waals surface area (Å²) in [5.41, 5.74) is 2.42. The molecule has 6 nitrogen and oxygen atoms in total. The number of rotatable bonds is 5. The molecule has 0 atom stereocenters. The fourth-order valence-corrected chi connectivity index (χ4v) is 3.61. The highest BCUT2D eigenvalue weighted by atomic mass is 19.1. The van der Waals surface area contributed by atoms with Crippen molar-refractivity contribution in [3.63, 3.8) is 0 Å². The summed E-state index contributed by atoms with van der Waals surface area (Å²) < 4.78 is 18.6. The van der Waals surface area contributed by atoms with Gasteiger partial charge in [0.1, 0.15) is 17.4 Å². The molecule has 0 saturated carbocycles. The first kappa shape index (κ1) is 19.8. The number of ketones is 1. The van der Waals surface area contributed by atoms with E-state index in [0.717, 1.165) is 5.69 Å². The molecule has 0 spiro atoms. The number of nitrogens with zero attached hydrogens (tertiary/aromatic N) is 2. The number of ether oxygens (including phenoxy) is 1. The molecule has 1 aliphatic carbocycles. The number of carbonyl (C=O) groups excluding carboxylic acids is 1. The first-order valence-electron chi connectivity index (χ1n) is 9.71. The van der Waals surface area contributed by atoms with E-state index in [9.17, 15) is 9.18 Å². The van der Waals surface area contributed by atoms with Gasteiger partial charge in [0.15, 0.2) is 5.78 Å². The summed E-state index contributed by atoms with van der Waals surface area (Å²) in [6.45, 7) is 4.11. The second-order valence-corrected chi connectivity index (χ2v) is 8.15. The SMILES string of the molecule is COc1cccc(Nc2nc3c(c(Nc4ccc(F)cc4)n2)C(=O)CC(C)(C)C3)c1. The minimum atomic E-state index is -0.330. The van der Waals surface area contributed by atoms with Crippen LogP contribution in [0.5, 0.6) is 5.75 Å². The molecule has 7 heteroatoms. The minimum absolute atomic E-state index is 0.00112. The number of anilines is 4. The van der Waals surface area contributed by atoms with Gasteiger partial charge in [0.2, 0.25) is 5.95 Å². The van der Waals surface area contributed by atoms with Crippen molar-refractivity contribution in [1.82, 2.24) is 9.97 Å². The van der Waals surface area contributed by atoms with E-state index < -0.39 is 0 Å². The zero-order valence-electron chi connectivity index (χ0n) is 17.1. The number of hydrogen-bond donors (Lipinski definition) is 2. The second kappa shape index (κ2) is 7.74. The van der Waals surface area contributed by atoms with Crippen molar-refractivity contribution >= 4 is 28.9 Å². The van der Waals surface area contributed by atoms with Crippen LogP contribution in [-0.2, 0) is 6.42 Å². The van der Waals surface area contributed by atoms with Gasteiger partial charge >= 0.3 is 0 Å². The van der Waals surface area contributed by atoms with Crippen LogP contribution in [0.1, 0.15) is 36.3 Å². The summed E-state index contributed by atoms with van der Waals surface area (Å²) in [6, 6.07) is 13.4. The lowest BCUT2D eigenvalue weighted by molar-refractivity contribution is 0.0911. The van der Waals surface area contributed by atoms with E-state index >= 15 is 0 Å². The average Bonchev–Trinajstić information content (AvgIpc) is 2.68. The molecule has 0 radical (unpaired) electrons. The van der Waals surface area contributed by atoms with E-state index in [2.05, 4.69) is 34.4 Å². The monoisotopic (exact) mass is 406 g/mol. The molecule has 2 N–H and O–H groups in total. The number of Topliss-reactive ketones (excluding diaryl/α,β-unsaturated/α-hetero) is 1. The molecule has 0 saturated heterocycles. The molecule has 0 unspecified atom stereocenters. The maximum Gasteiger partial charge on any atom is 0.229 e. The van der Waals surface area contributed by atoms with Crippen LogP contribution in [0.25, 0.3) is 0 Å². The van der Waals surface area contributed by atoms with Crippen LogP contribution in [0.15, 0.2) is 48.5 Å². The largest absolute Gasteiger partial charge is 0.497 e. The number of nitrogens with one attached hydrogen (secondary N) is 2. The first-order valence-corrected chi connectivity index (χ1v) is 9.71. The second-order valence-electron chi connectivity index (χ2n) is 8.15. The van der Waals surface area contributed by atoms with E-state index in [4.69, 9.17) is 4.74 Å². The van der Waals surface area contributed by atoms with E-state index in [0.29, 0.717) is 47.3 Å². The zero-order valence-corrected chi connectivity index (χ0v) is 17.1. The summed E-state index contributed by atoms with van der Waals surface area (Å²) in [5.74, 6) is 1.16. The Hall–Kier alpha value is -3.48. The average molecular weight is 406 g/mol. The topological polar surface area (TPSA) is 76.1 Å². The van der Waals surface area contributed by atoms with E-state index in [1.165, 1.54) is 12.1 Å². The lowest BCUT2D eigenvalue weighted by atomic mass is 9.75. The smallest absolute Gasteiger partial charge is 0.229 e. The molecular formula is C23H23FN4O2. The van der Waals surface area contributed by atoms with Crippen LogP contribution < -0.4 is 15.4 Å². The Morgan fingerprint density at radius 3 is 2.50 bits per heavy atom. The first-order chi connectivity index (χ1) is 14.3. The van der Waals surface area contributed by atoms with E-state index in [1.807, 2.05) is 24.3 Å². The van der Waals surface area contributed by atoms with Crippen molar-refractivity contribution < 1.29 is 13.9 Å². The van der Waals surface area contributed by atoms with Crippen molar-refractivity contribution in [2.75, 3.05) is 17.7 Å². The van der Waals surface area contributed by atoms with Crippen LogP contribution >= 0.6 is 0 Å². The van der Waals surface area contributed by atoms with Gasteiger partial charge in [-0.1, -0.05) is 19.9 Å². The molecule has 4 rings (SSSR count). The third kappa shape index (κ3) is 4.25. The molecule has 0 fully saturated rings. The van der Waals surface area contributed by atoms with Gasteiger partial charge in [-0.15, -0.1) is 0 Å². The summed E-state index contributed by atoms with van der Waals surface area (Å²) >= 11 is 0. The number of benzene rings is 2. The molecule has 154 valence electrons. The molecule has 0 bridgehead atoms. The van der Waals surface area contributed by atoms with Crippen molar-refractivity contribution in [2.24, 2.45) is 5.41 Å². The molecule has 2 aromatic carbocycles. The summed E-state index contributed by atoms with van der Waals surface area (Å²) in [7, 11) is 1.60. The molecule has 0 aliphatic heterocycles. The maximum absolute atomic E-state index is 13.3. The van der Waals surface area contributed by atoms with Crippen molar-refractivity contribution in [3.8, 4) is 5.75 Å². The highest BCUT2D eigenvalue weighted by Crippen LogP contribution is 2.38. The molecule has 1 aliphatic rings. The van der Waals surface area contributed by atoms with E-state index in [1.54, 1.807) is 19.2 Å². The third-order valence-electron chi connectivity index (χ3n) is 4.98. The number of aromatic nitrogens is 2. The van der Waals surface area contributed by atoms with Crippen LogP contribution in [-0.4, -0.2) is 22.9 Å². The Morgan fingerprint density at radius 1 is 1.00 bits per heavy atom. The molecule has 0 amide bonds. The molecular weight excluding hydrogens is 383 g/mol. The normalized spacial score (nSPS) is 14.7. The Kier molecular flexibility index (Phi) is 5.11. The third-order valence-corrected chi connectivity index (χ3v) is 4.98. The van der Waals surface area contributed by atoms with Crippen LogP contribution in [0, 0.1) is 11.2 Å². The summed E-state index contributed by atoms with van der Waals surface area (Å²) in [6.07, 6.45) is 1.07. The highest BCUT2D eigenvalue weighted by molar-refractivity contribution is 6.03. The molecule has 1 aromatic heterocycles. The van der Waals surface area contributed by atoms with Gasteiger partial charge in [-0.2, -0.15) is 4.98 Å². The van der Waals surface area contributed by atoms with Crippen molar-refractivity contribution in [2.45, 2.75) is 26.7 Å². The Balaban J connectivity index is 1.75. The Bertz CT molecular complexity index is 1100. The lowest BCUT2D eigenvalue weighted by Gasteiger charge is -2.30. The molecule has 1 heterocycles. The minimum Gasteiger partial charge on any atom is -0.497 e. The fraction of sp³-hybridized carbons (Fsp3) is 0.261. The number of halogens is 1. The maximum atomic E-state index is 13.3. The van der Waals surface area contributed by atoms with Gasteiger partial charge in [-0.25, -0.2) is 9.37 Å². The van der Waals surface area contributed by atoms with Crippen molar-refractivity contribution in [1.29, 1.82) is 0 Å². The number of carbonyl (C=O) groups is 1. The number of fused-ring (bicyclic) bond motifs is 1. The predicted octanol–water partition coefficient (Wildman–Crippen LogP) is 5.27. The Labute approximate surface area is 174 Å². The molecule has 3 aromatic rings. The standard InChI is InChI=1S/C23H23FN4O2/c1-23(2)12-18-20(19(29)13-23)21(25-15-9-7-14(24)8-10-15)28-22(27-18)26-16-5-4-6-17(11-16)30-3/h4-11H,12-13H2,1-3H3,(H2,25,26,27,28). The highest BCUT2D eigenvalue weighted by Gasteiger charge is 2.35. The van der Waals surface area contributed by atoms with Gasteiger partial charge in [0, 0.05) is 23.9 Å². The summed E-state index contributed by atoms with van der Waals surface area (Å²) in [5, 5.41) is 6.36. The van der Waals surface area contributed by atoms with Gasteiger partial charge in [-0.05, 0) is 48.2 Å². The number of hydrogen-bond acceptors (Lipinski definition) is 6. The van der Waals surface area contributed by atoms with Crippen LogP contribution in [0.3, 0.4) is 0 Å². The van der Waals surface area contributed by atoms with Gasteiger partial charge in [-0.3, -0.25) is 4.79 Å². The Morgan fingerprint density at radius 2 is 1.77 bits per heavy atom. The molecule has 30 heavy (non-hydrogen) atoms. The zero-order chi connectivity index (χ0) is 21.3. The van der Waals surface area contributed by atoms with Crippen LogP contribution in [0.4, 0.5) is 27.5 Å². The van der Waals surface area contributed by atoms with Gasteiger partial charge in [0.25, 0.3) is 0 Å². The quantitative estimate of drug-likeness (QED) is 0.601. The predicted molar refractivity (Wildman–Crippen MR) is 114 cm³/mol. The number of methoxy groups -OCH3 is 1. The van der Waals surface area contributed by atoms with E-state index in [-0.39, 0.29) is 17.0 Å². The van der Waals surface area contributed by atoms with Crippen LogP contribution in [0.2, 0.25) is 0 Å².